The van der Waals surface area contributed by atoms with E-state index in [1.54, 1.807) is 0 Å². The molecule has 1 saturated carbocycles. The first-order valence-electron chi connectivity index (χ1n) is 7.64. The van der Waals surface area contributed by atoms with E-state index in [0.29, 0.717) is 22.4 Å². The number of anilines is 1. The molecule has 1 aromatic rings. The molecule has 0 aliphatic heterocycles. The predicted octanol–water partition coefficient (Wildman–Crippen LogP) is 5.08. The summed E-state index contributed by atoms with van der Waals surface area (Å²) in [6, 6.07) is 5.68. The minimum atomic E-state index is -0.224. The van der Waals surface area contributed by atoms with Gasteiger partial charge in [0.2, 0.25) is 0 Å². The van der Waals surface area contributed by atoms with Crippen molar-refractivity contribution in [2.24, 2.45) is 5.92 Å². The van der Waals surface area contributed by atoms with Gasteiger partial charge < -0.3 is 5.32 Å². The number of nitro groups is 1. The summed E-state index contributed by atoms with van der Waals surface area (Å²) in [7, 11) is 0. The number of hydrogen-bond acceptors (Lipinski definition) is 3. The SMILES string of the molecule is CC(C)CNc1cccc(C2CCC(Br)CC2)c1[N+](=O)[O-]. The predicted molar refractivity (Wildman–Crippen MR) is 90.3 cm³/mol. The molecule has 1 fully saturated rings. The molecule has 0 heterocycles. The third-order valence-corrected chi connectivity index (χ3v) is 4.96. The smallest absolute Gasteiger partial charge is 0.295 e. The van der Waals surface area contributed by atoms with Crippen LogP contribution in [0, 0.1) is 16.0 Å². The van der Waals surface area contributed by atoms with E-state index in [0.717, 1.165) is 37.8 Å². The lowest BCUT2D eigenvalue weighted by Gasteiger charge is -2.25. The molecular formula is C16H23BrN2O2. The molecule has 1 aliphatic carbocycles. The van der Waals surface area contributed by atoms with Crippen molar-refractivity contribution >= 4 is 27.3 Å². The number of rotatable bonds is 5. The van der Waals surface area contributed by atoms with Gasteiger partial charge in [0, 0.05) is 16.9 Å². The molecule has 0 saturated heterocycles. The molecule has 0 atom stereocenters. The molecule has 0 unspecified atom stereocenters. The molecule has 1 N–H and O–H groups in total. The molecule has 0 bridgehead atoms. The minimum absolute atomic E-state index is 0.224. The largest absolute Gasteiger partial charge is 0.379 e. The lowest BCUT2D eigenvalue weighted by atomic mass is 9.83. The van der Waals surface area contributed by atoms with E-state index in [2.05, 4.69) is 35.1 Å². The highest BCUT2D eigenvalue weighted by Gasteiger charge is 2.28. The molecular weight excluding hydrogens is 332 g/mol. The van der Waals surface area contributed by atoms with Crippen molar-refractivity contribution in [3.05, 3.63) is 33.9 Å². The van der Waals surface area contributed by atoms with Crippen LogP contribution in [-0.4, -0.2) is 16.3 Å². The van der Waals surface area contributed by atoms with E-state index < -0.39 is 0 Å². The molecule has 21 heavy (non-hydrogen) atoms. The van der Waals surface area contributed by atoms with E-state index >= 15 is 0 Å². The van der Waals surface area contributed by atoms with Crippen LogP contribution in [0.4, 0.5) is 11.4 Å². The fourth-order valence-electron chi connectivity index (χ4n) is 2.92. The third-order valence-electron chi connectivity index (χ3n) is 4.05. The number of nitrogens with zero attached hydrogens (tertiary/aromatic N) is 1. The summed E-state index contributed by atoms with van der Waals surface area (Å²) in [6.45, 7) is 4.94. The maximum absolute atomic E-state index is 11.6. The van der Waals surface area contributed by atoms with Crippen molar-refractivity contribution < 1.29 is 4.92 Å². The summed E-state index contributed by atoms with van der Waals surface area (Å²) in [6.07, 6.45) is 4.21. The van der Waals surface area contributed by atoms with Crippen LogP contribution in [0.2, 0.25) is 0 Å². The maximum Gasteiger partial charge on any atom is 0.295 e. The summed E-state index contributed by atoms with van der Waals surface area (Å²) in [5.74, 6) is 0.761. The van der Waals surface area contributed by atoms with Crippen molar-refractivity contribution in [1.29, 1.82) is 0 Å². The van der Waals surface area contributed by atoms with Gasteiger partial charge in [-0.15, -0.1) is 0 Å². The Morgan fingerprint density at radius 1 is 1.33 bits per heavy atom. The molecule has 2 rings (SSSR count). The van der Waals surface area contributed by atoms with E-state index in [1.807, 2.05) is 18.2 Å². The zero-order valence-electron chi connectivity index (χ0n) is 12.6. The zero-order valence-corrected chi connectivity index (χ0v) is 14.2. The summed E-state index contributed by atoms with van der Waals surface area (Å²) >= 11 is 3.64. The normalized spacial score (nSPS) is 22.3. The average molecular weight is 355 g/mol. The Morgan fingerprint density at radius 3 is 2.57 bits per heavy atom. The summed E-state index contributed by atoms with van der Waals surface area (Å²) < 4.78 is 0. The molecule has 0 radical (unpaired) electrons. The standard InChI is InChI=1S/C16H23BrN2O2/c1-11(2)10-18-15-5-3-4-14(16(15)19(20)21)12-6-8-13(17)9-7-12/h3-5,11-13,18H,6-10H2,1-2H3. The number of halogens is 1. The Bertz CT molecular complexity index is 497. The number of alkyl halides is 1. The minimum Gasteiger partial charge on any atom is -0.379 e. The first kappa shape index (κ1) is 16.3. The molecule has 0 amide bonds. The second kappa shape index (κ2) is 7.25. The molecule has 0 aromatic heterocycles. The van der Waals surface area contributed by atoms with Crippen LogP contribution in [0.3, 0.4) is 0 Å². The molecule has 0 spiro atoms. The van der Waals surface area contributed by atoms with Gasteiger partial charge in [0.25, 0.3) is 5.69 Å². The van der Waals surface area contributed by atoms with Crippen LogP contribution in [0.25, 0.3) is 0 Å². The van der Waals surface area contributed by atoms with Gasteiger partial charge in [-0.2, -0.15) is 0 Å². The van der Waals surface area contributed by atoms with E-state index in [9.17, 15) is 10.1 Å². The second-order valence-corrected chi connectivity index (χ2v) is 7.52. The van der Waals surface area contributed by atoms with Crippen LogP contribution in [0.5, 0.6) is 0 Å². The number of nitrogens with one attached hydrogen (secondary N) is 1. The fraction of sp³-hybridized carbons (Fsp3) is 0.625. The van der Waals surface area contributed by atoms with Gasteiger partial charge in [-0.25, -0.2) is 0 Å². The number of benzene rings is 1. The number of hydrogen-bond donors (Lipinski definition) is 1. The first-order valence-corrected chi connectivity index (χ1v) is 8.55. The van der Waals surface area contributed by atoms with Crippen molar-refractivity contribution in [2.75, 3.05) is 11.9 Å². The van der Waals surface area contributed by atoms with E-state index in [-0.39, 0.29) is 10.6 Å². The first-order chi connectivity index (χ1) is 9.99. The van der Waals surface area contributed by atoms with Crippen molar-refractivity contribution in [1.82, 2.24) is 0 Å². The highest BCUT2D eigenvalue weighted by molar-refractivity contribution is 9.09. The molecule has 4 nitrogen and oxygen atoms in total. The van der Waals surface area contributed by atoms with Crippen LogP contribution < -0.4 is 5.32 Å². The van der Waals surface area contributed by atoms with Gasteiger partial charge >= 0.3 is 0 Å². The molecule has 116 valence electrons. The number of para-hydroxylation sites is 1. The van der Waals surface area contributed by atoms with Gasteiger partial charge in [-0.1, -0.05) is 41.9 Å². The third kappa shape index (κ3) is 4.19. The van der Waals surface area contributed by atoms with Crippen molar-refractivity contribution in [3.63, 3.8) is 0 Å². The summed E-state index contributed by atoms with van der Waals surface area (Å²) in [5, 5.41) is 14.8. The van der Waals surface area contributed by atoms with Gasteiger partial charge in [0.1, 0.15) is 5.69 Å². The van der Waals surface area contributed by atoms with Crippen LogP contribution in [-0.2, 0) is 0 Å². The molecule has 5 heteroatoms. The van der Waals surface area contributed by atoms with Crippen LogP contribution in [0.1, 0.15) is 51.0 Å². The Labute approximate surface area is 134 Å². The topological polar surface area (TPSA) is 55.2 Å². The maximum atomic E-state index is 11.6. The van der Waals surface area contributed by atoms with Gasteiger partial charge in [0.15, 0.2) is 0 Å². The lowest BCUT2D eigenvalue weighted by Crippen LogP contribution is -2.15. The Kier molecular flexibility index (Phi) is 5.62. The van der Waals surface area contributed by atoms with Gasteiger partial charge in [-0.05, 0) is 43.6 Å². The highest BCUT2D eigenvalue weighted by Crippen LogP contribution is 2.41. The van der Waals surface area contributed by atoms with Crippen LogP contribution >= 0.6 is 15.9 Å². The Balaban J connectivity index is 2.27. The molecule has 1 aromatic carbocycles. The van der Waals surface area contributed by atoms with E-state index in [1.165, 1.54) is 0 Å². The zero-order chi connectivity index (χ0) is 15.4. The monoisotopic (exact) mass is 354 g/mol. The molecule has 1 aliphatic rings. The number of nitro benzene ring substituents is 1. The Morgan fingerprint density at radius 2 is 2.00 bits per heavy atom. The summed E-state index contributed by atoms with van der Waals surface area (Å²) in [4.78, 5) is 11.9. The highest BCUT2D eigenvalue weighted by atomic mass is 79.9. The van der Waals surface area contributed by atoms with Gasteiger partial charge in [-0.3, -0.25) is 10.1 Å². The average Bonchev–Trinajstić information content (AvgIpc) is 2.45. The second-order valence-electron chi connectivity index (χ2n) is 6.22. The van der Waals surface area contributed by atoms with Gasteiger partial charge in [0.05, 0.1) is 4.92 Å². The van der Waals surface area contributed by atoms with Crippen molar-refractivity contribution in [3.8, 4) is 0 Å². The van der Waals surface area contributed by atoms with Crippen LogP contribution in [0.15, 0.2) is 18.2 Å². The quantitative estimate of drug-likeness (QED) is 0.455. The lowest BCUT2D eigenvalue weighted by molar-refractivity contribution is -0.384. The van der Waals surface area contributed by atoms with Crippen molar-refractivity contribution in [2.45, 2.75) is 50.3 Å². The fourth-order valence-corrected chi connectivity index (χ4v) is 3.44. The van der Waals surface area contributed by atoms with E-state index in [4.69, 9.17) is 0 Å². The Hall–Kier alpha value is -1.10. The summed E-state index contributed by atoms with van der Waals surface area (Å²) in [5.41, 5.74) is 1.83.